The summed E-state index contributed by atoms with van der Waals surface area (Å²) in [6.07, 6.45) is 0. The van der Waals surface area contributed by atoms with Gasteiger partial charge in [0, 0.05) is 27.6 Å². The summed E-state index contributed by atoms with van der Waals surface area (Å²) in [6, 6.07) is 42.6. The van der Waals surface area contributed by atoms with Gasteiger partial charge in [0.05, 0.1) is 18.2 Å². The van der Waals surface area contributed by atoms with E-state index in [9.17, 15) is 4.79 Å². The molecule has 0 N–H and O–H groups in total. The molecule has 8 rings (SSSR count). The van der Waals surface area contributed by atoms with Crippen LogP contribution in [0.25, 0.3) is 43.9 Å². The molecular weight excluding hydrogens is 646 g/mol. The van der Waals surface area contributed by atoms with Crippen LogP contribution < -0.4 is 13.8 Å². The number of hydrogen-bond acceptors (Lipinski definition) is 8. The fourth-order valence-corrected chi connectivity index (χ4v) is 7.57. The third kappa shape index (κ3) is 5.69. The van der Waals surface area contributed by atoms with Crippen LogP contribution in [-0.2, 0) is 0 Å². The number of carbonyl (C=O) groups excluding carboxylic acids is 1. The van der Waals surface area contributed by atoms with Gasteiger partial charge in [0.15, 0.2) is 5.75 Å². The van der Waals surface area contributed by atoms with Gasteiger partial charge in [0.25, 0.3) is 0 Å². The molecule has 2 aromatic heterocycles. The second kappa shape index (κ2) is 12.8. The monoisotopic (exact) mass is 672 g/mol. The van der Waals surface area contributed by atoms with Crippen molar-refractivity contribution in [2.24, 2.45) is 0 Å². The van der Waals surface area contributed by atoms with Gasteiger partial charge in [-0.15, -0.1) is 0 Å². The molecule has 0 spiro atoms. The maximum Gasteiger partial charge on any atom is 0.453 e. The lowest BCUT2D eigenvalue weighted by Gasteiger charge is -2.12. The Balaban J connectivity index is 1.22. The van der Waals surface area contributed by atoms with E-state index in [0.29, 0.717) is 39.4 Å². The largest absolute Gasteiger partial charge is 0.497 e. The molecule has 0 amide bonds. The molecule has 10 heteroatoms. The van der Waals surface area contributed by atoms with Crippen molar-refractivity contribution in [3.63, 3.8) is 0 Å². The number of carbonyl (C=O) groups is 1. The zero-order valence-corrected chi connectivity index (χ0v) is 27.2. The molecule has 0 unspecified atom stereocenters. The number of rotatable bonds is 7. The van der Waals surface area contributed by atoms with Gasteiger partial charge >= 0.3 is 16.5 Å². The van der Waals surface area contributed by atoms with Crippen molar-refractivity contribution in [2.45, 2.75) is 0 Å². The molecule has 0 aliphatic carbocycles. The Hall–Kier alpha value is -5.81. The van der Waals surface area contributed by atoms with Gasteiger partial charge in [-0.05, 0) is 48.5 Å². The number of para-hydroxylation sites is 5. The highest BCUT2D eigenvalue weighted by Gasteiger charge is 2.23. The second-order valence-corrected chi connectivity index (χ2v) is 12.7. The van der Waals surface area contributed by atoms with E-state index in [-0.39, 0.29) is 17.1 Å². The average Bonchev–Trinajstić information content (AvgIpc) is 3.38. The number of methoxy groups -OCH3 is 1. The molecule has 0 saturated heterocycles. The van der Waals surface area contributed by atoms with Gasteiger partial charge < -0.3 is 30.6 Å². The van der Waals surface area contributed by atoms with Crippen LogP contribution in [0.1, 0.15) is 15.9 Å². The van der Waals surface area contributed by atoms with E-state index in [1.54, 1.807) is 49.6 Å². The van der Waals surface area contributed by atoms with Crippen LogP contribution in [0.4, 0.5) is 0 Å². The second-order valence-electron chi connectivity index (χ2n) is 10.7. The Morgan fingerprint density at radius 2 is 0.875 bits per heavy atom. The number of fused-ring (bicyclic) bond motifs is 6. The fourth-order valence-electron chi connectivity index (χ4n) is 5.44. The molecule has 0 aliphatic rings. The van der Waals surface area contributed by atoms with Crippen LogP contribution in [0.5, 0.6) is 17.2 Å². The number of benzene rings is 6. The molecule has 6 aromatic carbocycles. The van der Waals surface area contributed by atoms with Crippen molar-refractivity contribution in [3.8, 4) is 17.2 Å². The first-order chi connectivity index (χ1) is 23.6. The van der Waals surface area contributed by atoms with Gasteiger partial charge in [-0.1, -0.05) is 84.9 Å². The first kappa shape index (κ1) is 29.6. The first-order valence-electron chi connectivity index (χ1n) is 15.0. The van der Waals surface area contributed by atoms with Crippen LogP contribution in [0.3, 0.4) is 0 Å². The summed E-state index contributed by atoms with van der Waals surface area (Å²) in [7, 11) is -2.46. The van der Waals surface area contributed by atoms with E-state index >= 15 is 0 Å². The van der Waals surface area contributed by atoms with Crippen molar-refractivity contribution < 1.29 is 35.4 Å². The zero-order chi connectivity index (χ0) is 32.5. The molecule has 0 bridgehead atoms. The summed E-state index contributed by atoms with van der Waals surface area (Å²) in [4.78, 5) is 14.4. The minimum atomic E-state index is -2.02. The predicted octanol–water partition coefficient (Wildman–Crippen LogP) is 11.8. The molecule has 0 aliphatic heterocycles. The third-order valence-electron chi connectivity index (χ3n) is 7.73. The Kier molecular flexibility index (Phi) is 7.87. The summed E-state index contributed by atoms with van der Waals surface area (Å²) >= 11 is 0. The maximum absolute atomic E-state index is 14.4. The molecular formula is C38H26O8P2. The SMILES string of the molecule is COc1ccc(C(=O)c2ccccc2Op2oc3ccccc3c3ccccc3o2)c(Op2oc3ccccc3c3ccccc3o2)c1. The van der Waals surface area contributed by atoms with E-state index in [1.807, 2.05) is 97.1 Å². The highest BCUT2D eigenvalue weighted by Crippen LogP contribution is 2.42. The Bertz CT molecular complexity index is 2440. The Morgan fingerprint density at radius 1 is 0.479 bits per heavy atom. The van der Waals surface area contributed by atoms with Crippen LogP contribution in [0.15, 0.2) is 156 Å². The van der Waals surface area contributed by atoms with Crippen molar-refractivity contribution in [2.75, 3.05) is 7.11 Å². The van der Waals surface area contributed by atoms with Gasteiger partial charge in [-0.25, -0.2) is 0 Å². The van der Waals surface area contributed by atoms with E-state index in [4.69, 9.17) is 30.6 Å². The van der Waals surface area contributed by atoms with Crippen molar-refractivity contribution in [1.29, 1.82) is 0 Å². The van der Waals surface area contributed by atoms with Crippen molar-refractivity contribution in [3.05, 3.63) is 151 Å². The molecule has 0 atom stereocenters. The Morgan fingerprint density at radius 3 is 1.35 bits per heavy atom. The van der Waals surface area contributed by atoms with Gasteiger partial charge in [0.2, 0.25) is 5.78 Å². The summed E-state index contributed by atoms with van der Waals surface area (Å²) in [6.45, 7) is 0. The number of ketones is 1. The molecule has 236 valence electrons. The minimum Gasteiger partial charge on any atom is -0.497 e. The van der Waals surface area contributed by atoms with E-state index in [1.165, 1.54) is 0 Å². The average molecular weight is 673 g/mol. The lowest BCUT2D eigenvalue weighted by molar-refractivity contribution is 0.103. The molecule has 8 aromatic rings. The molecule has 2 heterocycles. The zero-order valence-electron chi connectivity index (χ0n) is 25.4. The fraction of sp³-hybridized carbons (Fsp3) is 0.0263. The molecule has 0 radical (unpaired) electrons. The van der Waals surface area contributed by atoms with Crippen LogP contribution in [0, 0.1) is 0 Å². The standard InChI is InChI=1S/C38H26O8P2/c1-40-25-22-23-31(37(24-25)46-48-43-34-19-9-4-14-28(34)29-15-5-10-20-35(29)44-48)38(39)30-16-6-11-21-36(30)45-47-41-32-17-7-2-12-26(32)27-13-3-8-18-33(27)42-47/h2-24H,1H3. The quantitative estimate of drug-likeness (QED) is 0.154. The smallest absolute Gasteiger partial charge is 0.453 e. The summed E-state index contributed by atoms with van der Waals surface area (Å²) < 4.78 is 43.2. The molecule has 48 heavy (non-hydrogen) atoms. The topological polar surface area (TPSA) is 97.3 Å². The molecule has 0 saturated carbocycles. The minimum absolute atomic E-state index is 0.229. The first-order valence-corrected chi connectivity index (χ1v) is 17.2. The normalized spacial score (nSPS) is 11.1. The van der Waals surface area contributed by atoms with Crippen LogP contribution in [0.2, 0.25) is 0 Å². The summed E-state index contributed by atoms with van der Waals surface area (Å²) in [5.41, 5.74) is 3.01. The molecule has 8 nitrogen and oxygen atoms in total. The van der Waals surface area contributed by atoms with E-state index in [0.717, 1.165) is 21.5 Å². The predicted molar refractivity (Wildman–Crippen MR) is 188 cm³/mol. The summed E-state index contributed by atoms with van der Waals surface area (Å²) in [5.74, 6) is 0.674. The van der Waals surface area contributed by atoms with Gasteiger partial charge in [-0.2, -0.15) is 0 Å². The Labute approximate surface area is 276 Å². The van der Waals surface area contributed by atoms with Crippen molar-refractivity contribution in [1.82, 2.24) is 0 Å². The van der Waals surface area contributed by atoms with E-state index < -0.39 is 16.5 Å². The number of ether oxygens (including phenoxy) is 1. The third-order valence-corrected chi connectivity index (χ3v) is 9.81. The van der Waals surface area contributed by atoms with Gasteiger partial charge in [0.1, 0.15) is 33.8 Å². The summed E-state index contributed by atoms with van der Waals surface area (Å²) in [5, 5.41) is 3.54. The lowest BCUT2D eigenvalue weighted by atomic mass is 10.0. The maximum atomic E-state index is 14.4. The van der Waals surface area contributed by atoms with Crippen molar-refractivity contribution >= 4 is 66.1 Å². The highest BCUT2D eigenvalue weighted by atomic mass is 31.1. The van der Waals surface area contributed by atoms with Crippen LogP contribution in [-0.4, -0.2) is 12.9 Å². The number of hydrogen-bond donors (Lipinski definition) is 0. The van der Waals surface area contributed by atoms with E-state index in [2.05, 4.69) is 0 Å². The van der Waals surface area contributed by atoms with Gasteiger partial charge in [-0.3, -0.25) is 4.79 Å². The van der Waals surface area contributed by atoms with Crippen LogP contribution >= 0.6 is 16.5 Å². The highest BCUT2D eigenvalue weighted by molar-refractivity contribution is 7.32. The molecule has 0 fully saturated rings. The lowest BCUT2D eigenvalue weighted by Crippen LogP contribution is -2.05.